The Labute approximate surface area is 109 Å². The van der Waals surface area contributed by atoms with Crippen LogP contribution in [0.25, 0.3) is 0 Å². The number of ether oxygens (including phenoxy) is 1. The zero-order valence-electron chi connectivity index (χ0n) is 11.4. The van der Waals surface area contributed by atoms with E-state index in [9.17, 15) is 9.90 Å². The second-order valence-electron chi connectivity index (χ2n) is 5.41. The van der Waals surface area contributed by atoms with E-state index >= 15 is 0 Å². The van der Waals surface area contributed by atoms with Crippen LogP contribution in [0.15, 0.2) is 0 Å². The van der Waals surface area contributed by atoms with Gasteiger partial charge in [-0.3, -0.25) is 4.79 Å². The van der Waals surface area contributed by atoms with Crippen LogP contribution in [-0.2, 0) is 9.53 Å². The van der Waals surface area contributed by atoms with Crippen molar-refractivity contribution in [2.24, 2.45) is 11.7 Å². The lowest BCUT2D eigenvalue weighted by Crippen LogP contribution is -2.43. The third kappa shape index (κ3) is 5.80. The van der Waals surface area contributed by atoms with Crippen LogP contribution in [0.2, 0.25) is 0 Å². The molecule has 0 bridgehead atoms. The molecule has 1 saturated carbocycles. The molecule has 1 aliphatic carbocycles. The molecule has 4 N–H and O–H groups in total. The molecule has 5 nitrogen and oxygen atoms in total. The highest BCUT2D eigenvalue weighted by molar-refractivity contribution is 5.79. The second-order valence-corrected chi connectivity index (χ2v) is 5.41. The summed E-state index contributed by atoms with van der Waals surface area (Å²) < 4.78 is 5.70. The van der Waals surface area contributed by atoms with E-state index in [0.717, 1.165) is 12.8 Å². The molecule has 0 radical (unpaired) electrons. The Morgan fingerprint density at radius 3 is 2.89 bits per heavy atom. The van der Waals surface area contributed by atoms with Gasteiger partial charge in [0.25, 0.3) is 0 Å². The Hall–Kier alpha value is -0.650. The summed E-state index contributed by atoms with van der Waals surface area (Å²) in [5.74, 6) is 0.304. The highest BCUT2D eigenvalue weighted by Gasteiger charge is 2.20. The van der Waals surface area contributed by atoms with E-state index in [-0.39, 0.29) is 6.10 Å². The number of hydrogen-bond acceptors (Lipinski definition) is 4. The molecule has 1 aliphatic rings. The van der Waals surface area contributed by atoms with E-state index in [1.165, 1.54) is 12.8 Å². The molecule has 106 valence electrons. The molecule has 1 rings (SSSR count). The summed E-state index contributed by atoms with van der Waals surface area (Å²) in [4.78, 5) is 10.8. The molecular formula is C13H26N2O3. The number of nitrogens with one attached hydrogen (secondary N) is 1. The largest absolute Gasteiger partial charge is 0.389 e. The van der Waals surface area contributed by atoms with Gasteiger partial charge in [-0.05, 0) is 25.7 Å². The van der Waals surface area contributed by atoms with Crippen molar-refractivity contribution >= 4 is 5.91 Å². The van der Waals surface area contributed by atoms with Gasteiger partial charge in [-0.15, -0.1) is 0 Å². The van der Waals surface area contributed by atoms with Gasteiger partial charge in [0.1, 0.15) is 0 Å². The minimum absolute atomic E-state index is 0.275. The molecule has 0 aromatic heterocycles. The number of rotatable bonds is 7. The number of amides is 1. The average Bonchev–Trinajstić information content (AvgIpc) is 2.33. The Balaban J connectivity index is 2.12. The van der Waals surface area contributed by atoms with E-state index in [2.05, 4.69) is 12.2 Å². The van der Waals surface area contributed by atoms with Crippen LogP contribution < -0.4 is 11.1 Å². The summed E-state index contributed by atoms with van der Waals surface area (Å²) in [5, 5.41) is 12.6. The number of carbonyl (C=O) groups excluding carboxylic acids is 1. The number of aliphatic hydroxyl groups is 1. The first-order valence-electron chi connectivity index (χ1n) is 6.81. The average molecular weight is 258 g/mol. The molecule has 0 spiro atoms. The lowest BCUT2D eigenvalue weighted by molar-refractivity contribution is -0.119. The maximum Gasteiger partial charge on any atom is 0.234 e. The molecule has 4 atom stereocenters. The molecule has 5 heteroatoms. The lowest BCUT2D eigenvalue weighted by atomic mass is 9.89. The van der Waals surface area contributed by atoms with Crippen molar-refractivity contribution in [3.05, 3.63) is 0 Å². The highest BCUT2D eigenvalue weighted by Crippen LogP contribution is 2.25. The van der Waals surface area contributed by atoms with Crippen molar-refractivity contribution in [3.63, 3.8) is 0 Å². The summed E-state index contributed by atoms with van der Waals surface area (Å²) in [6.07, 6.45) is 4.33. The van der Waals surface area contributed by atoms with Crippen LogP contribution in [0.4, 0.5) is 0 Å². The van der Waals surface area contributed by atoms with Gasteiger partial charge >= 0.3 is 0 Å². The van der Waals surface area contributed by atoms with Crippen molar-refractivity contribution in [1.82, 2.24) is 5.32 Å². The van der Waals surface area contributed by atoms with Crippen LogP contribution in [0.5, 0.6) is 0 Å². The molecule has 1 amide bonds. The molecule has 0 aliphatic heterocycles. The Morgan fingerprint density at radius 1 is 1.56 bits per heavy atom. The standard InChI is InChI=1S/C13H26N2O3/c1-9-4-3-5-12(6-9)18-8-11(16)7-15-10(2)13(14)17/h9-12,15-16H,3-8H2,1-2H3,(H2,14,17). The van der Waals surface area contributed by atoms with Gasteiger partial charge in [-0.1, -0.05) is 19.8 Å². The first-order chi connectivity index (χ1) is 8.49. The summed E-state index contributed by atoms with van der Waals surface area (Å²) in [7, 11) is 0. The van der Waals surface area contributed by atoms with E-state index in [4.69, 9.17) is 10.5 Å². The van der Waals surface area contributed by atoms with E-state index in [1.807, 2.05) is 0 Å². The zero-order chi connectivity index (χ0) is 13.5. The summed E-state index contributed by atoms with van der Waals surface area (Å²) in [5.41, 5.74) is 5.11. The minimum Gasteiger partial charge on any atom is -0.389 e. The van der Waals surface area contributed by atoms with Crippen LogP contribution in [0.3, 0.4) is 0 Å². The second kappa shape index (κ2) is 7.71. The van der Waals surface area contributed by atoms with Gasteiger partial charge < -0.3 is 20.9 Å². The van der Waals surface area contributed by atoms with Gasteiger partial charge in [0.05, 0.1) is 24.9 Å². The fraction of sp³-hybridized carbons (Fsp3) is 0.923. The Kier molecular flexibility index (Phi) is 6.60. The fourth-order valence-corrected chi connectivity index (χ4v) is 2.25. The Bertz CT molecular complexity index is 261. The lowest BCUT2D eigenvalue weighted by Gasteiger charge is -2.27. The summed E-state index contributed by atoms with van der Waals surface area (Å²) >= 11 is 0. The molecule has 0 saturated heterocycles. The topological polar surface area (TPSA) is 84.6 Å². The van der Waals surface area contributed by atoms with Crippen LogP contribution in [-0.4, -0.2) is 42.4 Å². The van der Waals surface area contributed by atoms with Crippen molar-refractivity contribution < 1.29 is 14.6 Å². The van der Waals surface area contributed by atoms with Crippen molar-refractivity contribution in [3.8, 4) is 0 Å². The quantitative estimate of drug-likeness (QED) is 0.617. The first-order valence-corrected chi connectivity index (χ1v) is 6.81. The highest BCUT2D eigenvalue weighted by atomic mass is 16.5. The van der Waals surface area contributed by atoms with Crippen LogP contribution >= 0.6 is 0 Å². The third-order valence-corrected chi connectivity index (χ3v) is 3.50. The van der Waals surface area contributed by atoms with E-state index in [0.29, 0.717) is 19.1 Å². The third-order valence-electron chi connectivity index (χ3n) is 3.50. The molecule has 0 aromatic rings. The smallest absolute Gasteiger partial charge is 0.234 e. The van der Waals surface area contributed by atoms with Crippen LogP contribution in [0, 0.1) is 5.92 Å². The van der Waals surface area contributed by atoms with Crippen molar-refractivity contribution in [2.75, 3.05) is 13.2 Å². The SMILES string of the molecule is CC1CCCC(OCC(O)CNC(C)C(N)=O)C1. The van der Waals surface area contributed by atoms with E-state index in [1.54, 1.807) is 6.92 Å². The molecule has 0 heterocycles. The number of carbonyl (C=O) groups is 1. The predicted octanol–water partition coefficient (Wildman–Crippen LogP) is 0.406. The maximum absolute atomic E-state index is 10.8. The van der Waals surface area contributed by atoms with Crippen molar-refractivity contribution in [2.45, 2.75) is 57.8 Å². The summed E-state index contributed by atoms with van der Waals surface area (Å²) in [6.45, 7) is 4.56. The van der Waals surface area contributed by atoms with E-state index < -0.39 is 18.1 Å². The van der Waals surface area contributed by atoms with Gasteiger partial charge in [-0.25, -0.2) is 0 Å². The maximum atomic E-state index is 10.8. The fourth-order valence-electron chi connectivity index (χ4n) is 2.25. The number of primary amides is 1. The normalized spacial score (nSPS) is 27.7. The molecular weight excluding hydrogens is 232 g/mol. The number of aliphatic hydroxyl groups excluding tert-OH is 1. The summed E-state index contributed by atoms with van der Waals surface area (Å²) in [6, 6.07) is -0.422. The molecule has 18 heavy (non-hydrogen) atoms. The van der Waals surface area contributed by atoms with Gasteiger partial charge in [-0.2, -0.15) is 0 Å². The first kappa shape index (κ1) is 15.4. The number of nitrogens with two attached hydrogens (primary N) is 1. The monoisotopic (exact) mass is 258 g/mol. The minimum atomic E-state index is -0.593. The van der Waals surface area contributed by atoms with Crippen LogP contribution in [0.1, 0.15) is 39.5 Å². The molecule has 1 fully saturated rings. The molecule has 4 unspecified atom stereocenters. The zero-order valence-corrected chi connectivity index (χ0v) is 11.4. The van der Waals surface area contributed by atoms with Crippen molar-refractivity contribution in [1.29, 1.82) is 0 Å². The van der Waals surface area contributed by atoms with Gasteiger partial charge in [0.2, 0.25) is 5.91 Å². The molecule has 0 aromatic carbocycles. The number of hydrogen-bond donors (Lipinski definition) is 3. The Morgan fingerprint density at radius 2 is 2.28 bits per heavy atom. The van der Waals surface area contributed by atoms with Gasteiger partial charge in [0.15, 0.2) is 0 Å². The predicted molar refractivity (Wildman–Crippen MR) is 70.0 cm³/mol. The van der Waals surface area contributed by atoms with Gasteiger partial charge in [0, 0.05) is 6.54 Å².